The number of nitrogens with two attached hydrogens (primary N) is 1. The first-order chi connectivity index (χ1) is 15.4. The molecule has 184 valence electrons. The number of aliphatic carboxylic acids is 1. The first-order valence-corrected chi connectivity index (χ1v) is 10.7. The lowest BCUT2D eigenvalue weighted by Crippen LogP contribution is -2.42. The highest BCUT2D eigenvalue weighted by atomic mass is 32.1. The Kier molecular flexibility index (Phi) is 8.76. The number of nitrogen functional groups attached to an aromatic ring is 1. The molecule has 1 aliphatic heterocycles. The Labute approximate surface area is 197 Å². The normalized spacial score (nSPS) is 15.1. The van der Waals surface area contributed by atoms with E-state index in [1.165, 1.54) is 11.3 Å². The number of carbonyl (C=O) groups excluding carboxylic acids is 1. The second-order valence-corrected chi connectivity index (χ2v) is 8.60. The van der Waals surface area contributed by atoms with E-state index in [9.17, 15) is 19.5 Å². The third kappa shape index (κ3) is 6.12. The summed E-state index contributed by atoms with van der Waals surface area (Å²) in [5.74, 6) is -0.599. The Balaban J connectivity index is 0.00000204. The molecule has 1 aliphatic rings. The number of hydrogen-bond acceptors (Lipinski definition) is 12. The van der Waals surface area contributed by atoms with Gasteiger partial charge in [0.05, 0.1) is 10.4 Å². The number of aryl methyl sites for hydroxylation is 1. The van der Waals surface area contributed by atoms with Crippen LogP contribution in [-0.2, 0) is 24.1 Å². The minimum atomic E-state index is -1.18. The van der Waals surface area contributed by atoms with Gasteiger partial charge in [-0.2, -0.15) is 10.2 Å². The van der Waals surface area contributed by atoms with E-state index in [0.717, 1.165) is 17.7 Å². The van der Waals surface area contributed by atoms with E-state index in [0.29, 0.717) is 29.2 Å². The molecule has 0 bridgehead atoms. The summed E-state index contributed by atoms with van der Waals surface area (Å²) in [4.78, 5) is 44.1. The second kappa shape index (κ2) is 11.3. The maximum atomic E-state index is 12.5. The highest BCUT2D eigenvalue weighted by Crippen LogP contribution is 2.25. The molecule has 4 heterocycles. The van der Waals surface area contributed by atoms with E-state index in [2.05, 4.69) is 41.2 Å². The lowest BCUT2D eigenvalue weighted by Gasteiger charge is -2.24. The molecule has 0 saturated carbocycles. The topological polar surface area (TPSA) is 275 Å². The molecule has 0 aliphatic carbocycles. The third-order valence-electron chi connectivity index (χ3n) is 5.15. The average molecular weight is 494 g/mol. The summed E-state index contributed by atoms with van der Waals surface area (Å²) in [5, 5.41) is 28.1. The number of H-pyrrole nitrogens is 2. The van der Waals surface area contributed by atoms with Crippen molar-refractivity contribution in [2.75, 3.05) is 17.6 Å². The van der Waals surface area contributed by atoms with Gasteiger partial charge in [0.25, 0.3) is 11.5 Å². The predicted molar refractivity (Wildman–Crippen MR) is 124 cm³/mol. The number of carboxylic acids is 1. The number of amides is 1. The van der Waals surface area contributed by atoms with Crippen LogP contribution in [0.1, 0.15) is 32.4 Å². The monoisotopic (exact) mass is 493 g/mol. The summed E-state index contributed by atoms with van der Waals surface area (Å²) in [5.41, 5.74) is 5.95. The van der Waals surface area contributed by atoms with Gasteiger partial charge in [0.1, 0.15) is 11.9 Å². The lowest BCUT2D eigenvalue weighted by atomic mass is 9.92. The van der Waals surface area contributed by atoms with Crippen LogP contribution in [0.2, 0.25) is 0 Å². The Morgan fingerprint density at radius 2 is 2.12 bits per heavy atom. The number of thiophene rings is 1. The third-order valence-corrected chi connectivity index (χ3v) is 6.29. The van der Waals surface area contributed by atoms with E-state index in [1.807, 2.05) is 6.07 Å². The molecule has 0 aromatic carbocycles. The molecule has 2 atom stereocenters. The van der Waals surface area contributed by atoms with E-state index in [-0.39, 0.29) is 42.0 Å². The summed E-state index contributed by atoms with van der Waals surface area (Å²) >= 11 is 1.31. The van der Waals surface area contributed by atoms with Gasteiger partial charge in [0, 0.05) is 17.8 Å². The molecule has 3 aromatic heterocycles. The standard InChI is InChI=1S/C18H21N9O4S.2H3N/c19-18-22-14-10(15(28)23-18)5-8(7-20-14)1-2-9-3-4-12(32-9)16(29)21-11(17(30)31)6-13-24-26-27-25-13;;/h3-4,8,11H,1-2,5-7H2,(H,21,29)(H,30,31)(H,24,25,26,27)(H4,19,20,22,23,28);2*1H3. The molecule has 3 aromatic rings. The minimum Gasteiger partial charge on any atom is -0.480 e. The molecular weight excluding hydrogens is 466 g/mol. The summed E-state index contributed by atoms with van der Waals surface area (Å²) in [6, 6.07) is 2.36. The number of nitrogens with one attached hydrogen (secondary N) is 4. The number of hydrogen-bond donors (Lipinski definition) is 8. The fourth-order valence-electron chi connectivity index (χ4n) is 3.52. The fraction of sp³-hybridized carbons (Fsp3) is 0.389. The largest absolute Gasteiger partial charge is 0.480 e. The van der Waals surface area contributed by atoms with Crippen molar-refractivity contribution in [3.8, 4) is 0 Å². The number of aromatic amines is 2. The van der Waals surface area contributed by atoms with Gasteiger partial charge < -0.3 is 33.8 Å². The molecule has 0 radical (unpaired) electrons. The smallest absolute Gasteiger partial charge is 0.326 e. The van der Waals surface area contributed by atoms with Crippen molar-refractivity contribution in [2.45, 2.75) is 31.7 Å². The van der Waals surface area contributed by atoms with E-state index >= 15 is 0 Å². The van der Waals surface area contributed by atoms with Crippen LogP contribution < -0.4 is 34.2 Å². The van der Waals surface area contributed by atoms with Crippen molar-refractivity contribution in [3.63, 3.8) is 0 Å². The zero-order valence-corrected chi connectivity index (χ0v) is 19.0. The van der Waals surface area contributed by atoms with Crippen LogP contribution >= 0.6 is 11.3 Å². The maximum absolute atomic E-state index is 12.5. The highest BCUT2D eigenvalue weighted by Gasteiger charge is 2.25. The Morgan fingerprint density at radius 1 is 1.32 bits per heavy atom. The number of fused-ring (bicyclic) bond motifs is 1. The molecule has 0 spiro atoms. The van der Waals surface area contributed by atoms with E-state index in [4.69, 9.17) is 5.73 Å². The summed E-state index contributed by atoms with van der Waals surface area (Å²) in [6.45, 7) is 0.679. The predicted octanol–water partition coefficient (Wildman–Crippen LogP) is -0.107. The van der Waals surface area contributed by atoms with Crippen LogP contribution in [0.5, 0.6) is 0 Å². The first-order valence-electron chi connectivity index (χ1n) is 9.86. The first kappa shape index (κ1) is 26.4. The van der Waals surface area contributed by atoms with Crippen molar-refractivity contribution in [2.24, 2.45) is 5.92 Å². The molecular formula is C18H27N11O4S. The maximum Gasteiger partial charge on any atom is 0.326 e. The highest BCUT2D eigenvalue weighted by molar-refractivity contribution is 7.14. The lowest BCUT2D eigenvalue weighted by molar-refractivity contribution is -0.139. The molecule has 34 heavy (non-hydrogen) atoms. The minimum absolute atomic E-state index is 0. The van der Waals surface area contributed by atoms with Gasteiger partial charge in [0.15, 0.2) is 5.82 Å². The molecule has 0 saturated heterocycles. The Morgan fingerprint density at radius 3 is 2.82 bits per heavy atom. The van der Waals surface area contributed by atoms with Crippen molar-refractivity contribution in [1.82, 2.24) is 48.2 Å². The number of carbonyl (C=O) groups is 2. The molecule has 13 N–H and O–H groups in total. The van der Waals surface area contributed by atoms with Crippen molar-refractivity contribution in [3.05, 3.63) is 43.6 Å². The number of anilines is 2. The van der Waals surface area contributed by atoms with Gasteiger partial charge in [0.2, 0.25) is 5.95 Å². The number of rotatable bonds is 8. The molecule has 2 unspecified atom stereocenters. The number of carboxylic acid groups (broad SMARTS) is 1. The molecule has 1 amide bonds. The van der Waals surface area contributed by atoms with E-state index < -0.39 is 17.9 Å². The van der Waals surface area contributed by atoms with Gasteiger partial charge >= 0.3 is 5.97 Å². The molecule has 0 fully saturated rings. The van der Waals surface area contributed by atoms with Gasteiger partial charge in [-0.15, -0.1) is 21.5 Å². The summed E-state index contributed by atoms with van der Waals surface area (Å²) < 4.78 is 0. The molecule has 15 nitrogen and oxygen atoms in total. The molecule has 4 rings (SSSR count). The van der Waals surface area contributed by atoms with Gasteiger partial charge in [-0.25, -0.2) is 4.79 Å². The zero-order chi connectivity index (χ0) is 22.7. The molecule has 16 heteroatoms. The van der Waals surface area contributed by atoms with E-state index in [1.54, 1.807) is 6.07 Å². The van der Waals surface area contributed by atoms with Gasteiger partial charge in [-0.05, 0) is 37.3 Å². The Hall–Kier alpha value is -3.89. The van der Waals surface area contributed by atoms with Gasteiger partial charge in [-0.1, -0.05) is 5.21 Å². The second-order valence-electron chi connectivity index (χ2n) is 7.43. The average Bonchev–Trinajstić information content (AvgIpc) is 3.44. The van der Waals surface area contributed by atoms with Crippen molar-refractivity contribution < 1.29 is 14.7 Å². The van der Waals surface area contributed by atoms with Crippen molar-refractivity contribution >= 4 is 35.0 Å². The van der Waals surface area contributed by atoms with Crippen molar-refractivity contribution in [1.29, 1.82) is 0 Å². The SMILES string of the molecule is N.N.Nc1nc2c(c(=O)[nH]1)CC(CCc1ccc(C(=O)NC(Cc3nn[nH]n3)C(=O)O)s1)CN2. The van der Waals surface area contributed by atoms with Crippen LogP contribution in [0.3, 0.4) is 0 Å². The van der Waals surface area contributed by atoms with Crippen LogP contribution in [0, 0.1) is 5.92 Å². The number of aromatic nitrogens is 6. The quantitative estimate of drug-likeness (QED) is 0.204. The number of tetrazole rings is 1. The van der Waals surface area contributed by atoms with Crippen LogP contribution in [0.15, 0.2) is 16.9 Å². The zero-order valence-electron chi connectivity index (χ0n) is 18.2. The fourth-order valence-corrected chi connectivity index (χ4v) is 4.44. The summed E-state index contributed by atoms with van der Waals surface area (Å²) in [7, 11) is 0. The Bertz CT molecular complexity index is 1180. The van der Waals surface area contributed by atoms with Crippen LogP contribution in [-0.4, -0.2) is 60.2 Å². The van der Waals surface area contributed by atoms with Crippen LogP contribution in [0.25, 0.3) is 0 Å². The van der Waals surface area contributed by atoms with Gasteiger partial charge in [-0.3, -0.25) is 14.6 Å². The summed E-state index contributed by atoms with van der Waals surface area (Å²) in [6.07, 6.45) is 2.06. The number of nitrogens with zero attached hydrogens (tertiary/aromatic N) is 4. The van der Waals surface area contributed by atoms with Crippen LogP contribution in [0.4, 0.5) is 11.8 Å².